The number of hydrogen-bond acceptors (Lipinski definition) is 3. The Balaban J connectivity index is 2.54. The summed E-state index contributed by atoms with van der Waals surface area (Å²) in [6.45, 7) is 0. The van der Waals surface area contributed by atoms with Crippen LogP contribution in [0.3, 0.4) is 0 Å². The first kappa shape index (κ1) is 11.4. The lowest BCUT2D eigenvalue weighted by Gasteiger charge is -2.06. The van der Waals surface area contributed by atoms with E-state index in [2.05, 4.69) is 0 Å². The van der Waals surface area contributed by atoms with Crippen molar-refractivity contribution in [1.82, 2.24) is 0 Å². The SMILES string of the molecule is O=C(O)C1CCc2ccc(S(=O)(=O)Cl)cc21. The van der Waals surface area contributed by atoms with Crippen LogP contribution in [-0.2, 0) is 20.3 Å². The number of fused-ring (bicyclic) bond motifs is 1. The first-order chi connectivity index (χ1) is 7.39. The van der Waals surface area contributed by atoms with Gasteiger partial charge in [0, 0.05) is 10.7 Å². The molecule has 6 heteroatoms. The van der Waals surface area contributed by atoms with Gasteiger partial charge in [0.1, 0.15) is 0 Å². The summed E-state index contributed by atoms with van der Waals surface area (Å²) in [5.74, 6) is -1.55. The summed E-state index contributed by atoms with van der Waals surface area (Å²) >= 11 is 0. The number of rotatable bonds is 2. The molecule has 1 aromatic carbocycles. The molecule has 1 unspecified atom stereocenters. The number of carboxylic acids is 1. The Kier molecular flexibility index (Phi) is 2.67. The second-order valence-corrected chi connectivity index (χ2v) is 6.29. The average molecular weight is 261 g/mol. The molecule has 1 aliphatic rings. The van der Waals surface area contributed by atoms with Crippen LogP contribution in [0.4, 0.5) is 0 Å². The van der Waals surface area contributed by atoms with Crippen molar-refractivity contribution in [2.24, 2.45) is 0 Å². The van der Waals surface area contributed by atoms with Crippen LogP contribution in [0.2, 0.25) is 0 Å². The molecular formula is C10H9ClO4S. The summed E-state index contributed by atoms with van der Waals surface area (Å²) in [4.78, 5) is 10.9. The van der Waals surface area contributed by atoms with Gasteiger partial charge < -0.3 is 5.11 Å². The Morgan fingerprint density at radius 1 is 1.44 bits per heavy atom. The van der Waals surface area contributed by atoms with E-state index in [4.69, 9.17) is 15.8 Å². The molecular weight excluding hydrogens is 252 g/mol. The van der Waals surface area contributed by atoms with E-state index in [1.807, 2.05) is 0 Å². The van der Waals surface area contributed by atoms with Gasteiger partial charge in [-0.2, -0.15) is 0 Å². The number of aliphatic carboxylic acids is 1. The van der Waals surface area contributed by atoms with Gasteiger partial charge >= 0.3 is 5.97 Å². The molecule has 0 aliphatic heterocycles. The van der Waals surface area contributed by atoms with Crippen molar-refractivity contribution in [2.75, 3.05) is 0 Å². The zero-order valence-electron chi connectivity index (χ0n) is 8.18. The van der Waals surface area contributed by atoms with Crippen molar-refractivity contribution in [2.45, 2.75) is 23.7 Å². The normalized spacial score (nSPS) is 19.4. The Morgan fingerprint density at radius 2 is 2.12 bits per heavy atom. The highest BCUT2D eigenvalue weighted by Gasteiger charge is 2.29. The molecule has 1 aromatic rings. The summed E-state index contributed by atoms with van der Waals surface area (Å²) in [6.07, 6.45) is 1.17. The minimum atomic E-state index is -3.79. The third-order valence-electron chi connectivity index (χ3n) is 2.77. The third kappa shape index (κ3) is 1.92. The van der Waals surface area contributed by atoms with Gasteiger partial charge in [-0.3, -0.25) is 4.79 Å². The number of hydrogen-bond donors (Lipinski definition) is 1. The standard InChI is InChI=1S/C10H9ClO4S/c11-16(14,15)7-3-1-6-2-4-8(10(12)13)9(6)5-7/h1,3,5,8H,2,4H2,(H,12,13). The van der Waals surface area contributed by atoms with E-state index < -0.39 is 20.9 Å². The largest absolute Gasteiger partial charge is 0.481 e. The lowest BCUT2D eigenvalue weighted by molar-refractivity contribution is -0.138. The average Bonchev–Trinajstić information content (AvgIpc) is 2.58. The maximum Gasteiger partial charge on any atom is 0.310 e. The number of aryl methyl sites for hydroxylation is 1. The van der Waals surface area contributed by atoms with Gasteiger partial charge in [0.15, 0.2) is 0 Å². The molecule has 0 amide bonds. The highest BCUT2D eigenvalue weighted by Crippen LogP contribution is 2.35. The van der Waals surface area contributed by atoms with Crippen LogP contribution in [0.5, 0.6) is 0 Å². The van der Waals surface area contributed by atoms with E-state index >= 15 is 0 Å². The number of carboxylic acid groups (broad SMARTS) is 1. The van der Waals surface area contributed by atoms with E-state index in [1.165, 1.54) is 12.1 Å². The quantitative estimate of drug-likeness (QED) is 0.822. The minimum absolute atomic E-state index is 0.0407. The van der Waals surface area contributed by atoms with Gasteiger partial charge in [-0.05, 0) is 36.1 Å². The third-order valence-corrected chi connectivity index (χ3v) is 4.13. The molecule has 2 rings (SSSR count). The molecule has 0 spiro atoms. The summed E-state index contributed by atoms with van der Waals surface area (Å²) in [7, 11) is 1.42. The fourth-order valence-electron chi connectivity index (χ4n) is 1.99. The molecule has 1 N–H and O–H groups in total. The molecule has 0 radical (unpaired) electrons. The molecule has 0 saturated heterocycles. The Morgan fingerprint density at radius 3 is 2.69 bits per heavy atom. The molecule has 1 aliphatic carbocycles. The Hall–Kier alpha value is -1.07. The Labute approximate surface area is 97.3 Å². The predicted octanol–water partition coefficient (Wildman–Crippen LogP) is 1.73. The molecule has 4 nitrogen and oxygen atoms in total. The smallest absolute Gasteiger partial charge is 0.310 e. The van der Waals surface area contributed by atoms with Crippen molar-refractivity contribution in [1.29, 1.82) is 0 Å². The predicted molar refractivity (Wildman–Crippen MR) is 58.2 cm³/mol. The molecule has 0 heterocycles. The fraction of sp³-hybridized carbons (Fsp3) is 0.300. The molecule has 0 fully saturated rings. The van der Waals surface area contributed by atoms with E-state index in [0.717, 1.165) is 5.56 Å². The number of halogens is 1. The van der Waals surface area contributed by atoms with Crippen molar-refractivity contribution in [3.05, 3.63) is 29.3 Å². The zero-order valence-corrected chi connectivity index (χ0v) is 9.75. The number of carbonyl (C=O) groups is 1. The highest BCUT2D eigenvalue weighted by molar-refractivity contribution is 8.13. The monoisotopic (exact) mass is 260 g/mol. The Bertz CT molecular complexity index is 550. The molecule has 0 bridgehead atoms. The van der Waals surface area contributed by atoms with E-state index in [0.29, 0.717) is 18.4 Å². The van der Waals surface area contributed by atoms with Gasteiger partial charge in [-0.15, -0.1) is 0 Å². The van der Waals surface area contributed by atoms with E-state index in [1.54, 1.807) is 6.07 Å². The molecule has 16 heavy (non-hydrogen) atoms. The van der Waals surface area contributed by atoms with Crippen molar-refractivity contribution in [3.63, 3.8) is 0 Å². The van der Waals surface area contributed by atoms with Crippen LogP contribution in [0, 0.1) is 0 Å². The summed E-state index contributed by atoms with van der Waals surface area (Å²) in [5, 5.41) is 8.97. The van der Waals surface area contributed by atoms with Crippen LogP contribution in [0.25, 0.3) is 0 Å². The van der Waals surface area contributed by atoms with Crippen molar-refractivity contribution >= 4 is 25.7 Å². The second kappa shape index (κ2) is 3.75. The summed E-state index contributed by atoms with van der Waals surface area (Å²) in [6, 6.07) is 4.41. The van der Waals surface area contributed by atoms with Gasteiger partial charge in [-0.1, -0.05) is 6.07 Å². The van der Waals surface area contributed by atoms with Crippen molar-refractivity contribution < 1.29 is 18.3 Å². The molecule has 86 valence electrons. The van der Waals surface area contributed by atoms with Crippen LogP contribution in [0.15, 0.2) is 23.1 Å². The lowest BCUT2D eigenvalue weighted by Crippen LogP contribution is -2.08. The molecule has 0 aromatic heterocycles. The molecule has 0 saturated carbocycles. The lowest BCUT2D eigenvalue weighted by atomic mass is 10.0. The van der Waals surface area contributed by atoms with Gasteiger partial charge in [0.2, 0.25) is 0 Å². The van der Waals surface area contributed by atoms with Crippen LogP contribution >= 0.6 is 10.7 Å². The summed E-state index contributed by atoms with van der Waals surface area (Å²) in [5.41, 5.74) is 1.45. The first-order valence-electron chi connectivity index (χ1n) is 4.70. The second-order valence-electron chi connectivity index (χ2n) is 3.73. The molecule has 1 atom stereocenters. The van der Waals surface area contributed by atoms with Crippen LogP contribution in [-0.4, -0.2) is 19.5 Å². The topological polar surface area (TPSA) is 71.4 Å². The van der Waals surface area contributed by atoms with E-state index in [-0.39, 0.29) is 4.90 Å². The van der Waals surface area contributed by atoms with E-state index in [9.17, 15) is 13.2 Å². The summed E-state index contributed by atoms with van der Waals surface area (Å²) < 4.78 is 22.3. The zero-order chi connectivity index (χ0) is 11.9. The first-order valence-corrected chi connectivity index (χ1v) is 7.01. The maximum atomic E-state index is 11.1. The van der Waals surface area contributed by atoms with Crippen LogP contribution in [0.1, 0.15) is 23.5 Å². The van der Waals surface area contributed by atoms with Gasteiger partial charge in [0.25, 0.3) is 9.05 Å². The fourth-order valence-corrected chi connectivity index (χ4v) is 2.77. The minimum Gasteiger partial charge on any atom is -0.481 e. The highest BCUT2D eigenvalue weighted by atomic mass is 35.7. The van der Waals surface area contributed by atoms with Crippen LogP contribution < -0.4 is 0 Å². The van der Waals surface area contributed by atoms with Gasteiger partial charge in [-0.25, -0.2) is 8.42 Å². The van der Waals surface area contributed by atoms with Gasteiger partial charge in [0.05, 0.1) is 10.8 Å². The number of benzene rings is 1. The van der Waals surface area contributed by atoms with Crippen molar-refractivity contribution in [3.8, 4) is 0 Å². The maximum absolute atomic E-state index is 11.1.